The van der Waals surface area contributed by atoms with Crippen molar-refractivity contribution < 1.29 is 52.7 Å². The van der Waals surface area contributed by atoms with E-state index in [1.807, 2.05) is 50.2 Å². The van der Waals surface area contributed by atoms with Crippen LogP contribution in [0.4, 0.5) is 52.7 Å². The molecule has 0 spiro atoms. The fraction of sp³-hybridized carbons (Fsp3) is 0.141. The maximum atomic E-state index is 14.9. The van der Waals surface area contributed by atoms with Crippen LogP contribution in [0.3, 0.4) is 0 Å². The molecule has 2 heterocycles. The van der Waals surface area contributed by atoms with Gasteiger partial charge in [0.15, 0.2) is 0 Å². The lowest BCUT2D eigenvalue weighted by Crippen LogP contribution is -2.07. The molecule has 86 heavy (non-hydrogen) atoms. The van der Waals surface area contributed by atoms with E-state index in [0.717, 1.165) is 64.7 Å². The Morgan fingerprint density at radius 3 is 1.03 bits per heavy atom. The Morgan fingerprint density at radius 2 is 0.663 bits per heavy atom. The Labute approximate surface area is 485 Å². The molecular formula is C71H47F12N3. The highest BCUT2D eigenvalue weighted by molar-refractivity contribution is 6.14. The lowest BCUT2D eigenvalue weighted by Gasteiger charge is -2.19. The Morgan fingerprint density at radius 1 is 0.302 bits per heavy atom. The van der Waals surface area contributed by atoms with Crippen LogP contribution < -0.4 is 0 Å². The van der Waals surface area contributed by atoms with Crippen molar-refractivity contribution in [3.8, 4) is 73.1 Å². The summed E-state index contributed by atoms with van der Waals surface area (Å²) in [5.74, 6) is 0. The van der Waals surface area contributed by atoms with Crippen molar-refractivity contribution in [3.05, 3.63) is 237 Å². The van der Waals surface area contributed by atoms with Gasteiger partial charge < -0.3 is 9.13 Å². The molecule has 430 valence electrons. The number of alkyl halides is 12. The van der Waals surface area contributed by atoms with E-state index in [1.165, 1.54) is 25.1 Å². The first-order valence-corrected chi connectivity index (χ1v) is 27.1. The summed E-state index contributed by atoms with van der Waals surface area (Å²) < 4.78 is 177. The van der Waals surface area contributed by atoms with Crippen LogP contribution >= 0.6 is 0 Å². The topological polar surface area (TPSA) is 33.6 Å². The monoisotopic (exact) mass is 1170 g/mol. The summed E-state index contributed by atoms with van der Waals surface area (Å²) in [4.78, 5) is 0. The van der Waals surface area contributed by atoms with Crippen LogP contribution in [0.2, 0.25) is 0 Å². The molecular weight excluding hydrogens is 1120 g/mol. The standard InChI is InChI=1S/C71H47F12N3/c1-37-7-15-52(40(4)23-37)43-9-19-64-58(30-43)59-33-46(55-16-8-38(2)26-61(55)71(81,82)83)12-22-65(59)86(64)67-35-48(47-24-39(3)25-51(29-47)70(78,79)80)34-66(60(67)36-84)85-62-20-10-44(53-17-13-49(27-41(53)5)68(72,73)74)31-56(62)57-32-45(11-21-63(57)85)54-18-14-50(28-42(54)6)69(75,76)77/h7-35H,1-6H3. The number of nitriles is 1. The van der Waals surface area contributed by atoms with Crippen LogP contribution in [-0.2, 0) is 24.7 Å². The molecule has 0 amide bonds. The molecule has 0 atom stereocenters. The van der Waals surface area contributed by atoms with Crippen LogP contribution in [-0.4, -0.2) is 9.13 Å². The third kappa shape index (κ3) is 10.00. The summed E-state index contributed by atoms with van der Waals surface area (Å²) in [6.45, 7) is 10.1. The highest BCUT2D eigenvalue weighted by atomic mass is 19.4. The molecule has 0 aliphatic rings. The first-order valence-electron chi connectivity index (χ1n) is 27.1. The Kier molecular flexibility index (Phi) is 13.4. The van der Waals surface area contributed by atoms with Crippen molar-refractivity contribution in [1.82, 2.24) is 9.13 Å². The molecule has 0 saturated heterocycles. The molecule has 0 fully saturated rings. The van der Waals surface area contributed by atoms with Crippen molar-refractivity contribution in [2.24, 2.45) is 0 Å². The third-order valence-electron chi connectivity index (χ3n) is 16.2. The first kappa shape index (κ1) is 56.9. The average molecular weight is 1170 g/mol. The van der Waals surface area contributed by atoms with E-state index in [0.29, 0.717) is 82.6 Å². The van der Waals surface area contributed by atoms with E-state index in [-0.39, 0.29) is 44.8 Å². The predicted molar refractivity (Wildman–Crippen MR) is 315 cm³/mol. The zero-order chi connectivity index (χ0) is 61.3. The molecule has 0 bridgehead atoms. The normalized spacial score (nSPS) is 12.5. The van der Waals surface area contributed by atoms with Gasteiger partial charge >= 0.3 is 24.7 Å². The number of nitrogens with zero attached hydrogens (tertiary/aromatic N) is 3. The van der Waals surface area contributed by atoms with Crippen LogP contribution in [0.15, 0.2) is 176 Å². The fourth-order valence-electron chi connectivity index (χ4n) is 12.2. The summed E-state index contributed by atoms with van der Waals surface area (Å²) in [6, 6.07) is 47.1. The van der Waals surface area contributed by atoms with Gasteiger partial charge in [0, 0.05) is 21.5 Å². The molecule has 3 nitrogen and oxygen atoms in total. The second-order valence-corrected chi connectivity index (χ2v) is 22.1. The summed E-state index contributed by atoms with van der Waals surface area (Å²) >= 11 is 0. The van der Waals surface area contributed by atoms with Crippen molar-refractivity contribution in [1.29, 1.82) is 5.26 Å². The molecule has 15 heteroatoms. The van der Waals surface area contributed by atoms with E-state index < -0.39 is 47.0 Å². The third-order valence-corrected chi connectivity index (χ3v) is 16.2. The molecule has 0 unspecified atom stereocenters. The fourth-order valence-corrected chi connectivity index (χ4v) is 12.2. The average Bonchev–Trinajstić information content (AvgIpc) is 1.57. The summed E-state index contributed by atoms with van der Waals surface area (Å²) in [5.41, 5.74) is 6.15. The number of hydrogen-bond donors (Lipinski definition) is 0. The lowest BCUT2D eigenvalue weighted by atomic mass is 9.95. The van der Waals surface area contributed by atoms with Crippen LogP contribution in [0, 0.1) is 52.9 Å². The van der Waals surface area contributed by atoms with Gasteiger partial charge in [-0.2, -0.15) is 57.9 Å². The molecule has 12 rings (SSSR count). The number of aryl methyl sites for hydroxylation is 6. The highest BCUT2D eigenvalue weighted by Gasteiger charge is 2.36. The van der Waals surface area contributed by atoms with Crippen LogP contribution in [0.25, 0.3) is 111 Å². The van der Waals surface area contributed by atoms with Gasteiger partial charge in [-0.25, -0.2) is 0 Å². The van der Waals surface area contributed by atoms with Gasteiger partial charge in [0.25, 0.3) is 0 Å². The maximum Gasteiger partial charge on any atom is 0.417 e. The van der Waals surface area contributed by atoms with E-state index in [4.69, 9.17) is 0 Å². The molecule has 0 aliphatic carbocycles. The second-order valence-electron chi connectivity index (χ2n) is 22.1. The lowest BCUT2D eigenvalue weighted by molar-refractivity contribution is -0.138. The Balaban J connectivity index is 1.19. The van der Waals surface area contributed by atoms with Crippen molar-refractivity contribution >= 4 is 43.6 Å². The minimum absolute atomic E-state index is 0.0146. The predicted octanol–water partition coefficient (Wildman–Crippen LogP) is 22.0. The minimum Gasteiger partial charge on any atom is -0.308 e. The zero-order valence-corrected chi connectivity index (χ0v) is 46.6. The van der Waals surface area contributed by atoms with Crippen LogP contribution in [0.5, 0.6) is 0 Å². The largest absolute Gasteiger partial charge is 0.417 e. The van der Waals surface area contributed by atoms with Crippen LogP contribution in [0.1, 0.15) is 61.2 Å². The first-order chi connectivity index (χ1) is 40.5. The number of benzene rings is 10. The summed E-state index contributed by atoms with van der Waals surface area (Å²) in [5, 5.41) is 13.9. The van der Waals surface area contributed by atoms with E-state index in [9.17, 15) is 57.9 Å². The minimum atomic E-state index is -4.78. The van der Waals surface area contributed by atoms with Gasteiger partial charge in [-0.15, -0.1) is 0 Å². The number of fused-ring (bicyclic) bond motifs is 6. The molecule has 0 N–H and O–H groups in total. The van der Waals surface area contributed by atoms with E-state index >= 15 is 0 Å². The van der Waals surface area contributed by atoms with Gasteiger partial charge in [0.1, 0.15) is 11.6 Å². The summed E-state index contributed by atoms with van der Waals surface area (Å²) in [6.07, 6.45) is -18.8. The Bertz CT molecular complexity index is 4720. The highest BCUT2D eigenvalue weighted by Crippen LogP contribution is 2.47. The summed E-state index contributed by atoms with van der Waals surface area (Å²) in [7, 11) is 0. The quantitative estimate of drug-likeness (QED) is 0.146. The molecule has 12 aromatic rings. The Hall–Kier alpha value is -9.55. The van der Waals surface area contributed by atoms with Gasteiger partial charge in [-0.05, 0) is 223 Å². The van der Waals surface area contributed by atoms with E-state index in [2.05, 4.69) is 6.07 Å². The van der Waals surface area contributed by atoms with Gasteiger partial charge in [0.2, 0.25) is 0 Å². The van der Waals surface area contributed by atoms with Crippen molar-refractivity contribution in [3.63, 3.8) is 0 Å². The number of hydrogen-bond acceptors (Lipinski definition) is 1. The zero-order valence-electron chi connectivity index (χ0n) is 46.6. The smallest absolute Gasteiger partial charge is 0.308 e. The molecule has 0 radical (unpaired) electrons. The molecule has 2 aromatic heterocycles. The van der Waals surface area contributed by atoms with Crippen molar-refractivity contribution in [2.75, 3.05) is 0 Å². The molecule has 10 aromatic carbocycles. The van der Waals surface area contributed by atoms with Gasteiger partial charge in [0.05, 0.1) is 55.7 Å². The van der Waals surface area contributed by atoms with Crippen molar-refractivity contribution in [2.45, 2.75) is 66.2 Å². The number of halogens is 12. The number of aromatic nitrogens is 2. The SMILES string of the molecule is Cc1cc(-c2cc(-n3c4ccc(-c5ccc(C(F)(F)F)cc5C)cc4c4cc(-c5ccc(C(F)(F)F)cc5C)ccc43)c(C#N)c(-n3c4ccc(-c5ccc(C)cc5C)cc4c4cc(-c5ccc(C)cc5C(F)(F)F)ccc43)c2)cc(C(F)(F)F)c1. The molecule has 0 saturated carbocycles. The van der Waals surface area contributed by atoms with E-state index in [1.54, 1.807) is 109 Å². The number of rotatable bonds is 7. The van der Waals surface area contributed by atoms with Gasteiger partial charge in [-0.1, -0.05) is 83.9 Å². The maximum absolute atomic E-state index is 14.9. The second kappa shape index (κ2) is 20.3. The van der Waals surface area contributed by atoms with Gasteiger partial charge in [-0.3, -0.25) is 0 Å². The molecule has 0 aliphatic heterocycles.